The van der Waals surface area contributed by atoms with Crippen molar-refractivity contribution in [2.24, 2.45) is 5.73 Å². The van der Waals surface area contributed by atoms with Crippen molar-refractivity contribution in [1.29, 1.82) is 0 Å². The first-order valence-electron chi connectivity index (χ1n) is 19.3. The highest BCUT2D eigenvalue weighted by Gasteiger charge is 2.37. The number of benzene rings is 2. The number of ether oxygens (including phenoxy) is 1. The number of aliphatic carboxylic acids is 1. The van der Waals surface area contributed by atoms with E-state index in [0.717, 1.165) is 38.8 Å². The SMILES string of the molecule is C[C@H](NC(=O)N[C@@H](Cc1c[nH]c2ccccc12)C(=O)O)C(=O)N[C@H](C(=O)N/C=C1/C[C@@H](O)[C@H](n2ccc(=O)[nH]c2=O)O1)[C@H](C)N(C)C(=O)[C@H](Cc1cccc(O)c1)NC(=O)CN. The molecule has 0 spiro atoms. The van der Waals surface area contributed by atoms with Crippen molar-refractivity contribution in [3.05, 3.63) is 111 Å². The van der Waals surface area contributed by atoms with Crippen LogP contribution in [0.1, 0.15) is 37.6 Å². The number of para-hydroxylation sites is 1. The largest absolute Gasteiger partial charge is 0.508 e. The van der Waals surface area contributed by atoms with E-state index in [-0.39, 0.29) is 30.8 Å². The molecular formula is C40H48N10O12. The summed E-state index contributed by atoms with van der Waals surface area (Å²) in [5.74, 6) is -4.67. The van der Waals surface area contributed by atoms with E-state index in [9.17, 15) is 53.7 Å². The van der Waals surface area contributed by atoms with Gasteiger partial charge in [0.1, 0.15) is 41.8 Å². The second-order valence-corrected chi connectivity index (χ2v) is 14.6. The standard InChI is InChI=1S/C40H48N10O12/c1-20(44-39(60)46-29(38(58)59)15-23-18-42-27-10-5-4-9-26(23)27)34(55)48-33(35(56)43-19-25-16-30(52)37(62-25)50-12-11-31(53)47-40(50)61)21(2)49(3)36(57)28(45-32(54)17-41)14-22-7-6-8-24(51)13-22/h4-13,18-21,28-30,33,37,42,51-52H,14-17,41H2,1-3H3,(H,43,56)(H,45,54)(H,48,55)(H,58,59)(H2,44,46,60)(H,47,53,61)/b25-19-/t20-,21-,28-,29-,30+,33-,37+/m0/s1. The number of phenols is 1. The van der Waals surface area contributed by atoms with E-state index < -0.39 is 96.0 Å². The predicted molar refractivity (Wildman–Crippen MR) is 220 cm³/mol. The molecule has 0 unspecified atom stereocenters. The van der Waals surface area contributed by atoms with E-state index in [2.05, 4.69) is 36.6 Å². The number of carbonyl (C=O) groups is 6. The zero-order valence-corrected chi connectivity index (χ0v) is 33.8. The summed E-state index contributed by atoms with van der Waals surface area (Å²) in [5, 5.41) is 43.6. The number of likely N-dealkylation sites (N-methyl/N-ethyl adjacent to an activating group) is 1. The minimum atomic E-state index is -1.59. The highest BCUT2D eigenvalue weighted by molar-refractivity contribution is 5.94. The maximum atomic E-state index is 14.0. The zero-order chi connectivity index (χ0) is 45.2. The van der Waals surface area contributed by atoms with Crippen LogP contribution in [0.25, 0.3) is 10.9 Å². The van der Waals surface area contributed by atoms with Crippen LogP contribution in [-0.2, 0) is 41.6 Å². The van der Waals surface area contributed by atoms with Crippen molar-refractivity contribution in [3.63, 3.8) is 0 Å². The maximum Gasteiger partial charge on any atom is 0.331 e. The van der Waals surface area contributed by atoms with Crippen LogP contribution in [0.4, 0.5) is 4.79 Å². The number of amides is 6. The average molecular weight is 861 g/mol. The van der Waals surface area contributed by atoms with Gasteiger partial charge in [0.05, 0.1) is 12.6 Å². The lowest BCUT2D eigenvalue weighted by Crippen LogP contribution is -2.62. The lowest BCUT2D eigenvalue weighted by Gasteiger charge is -2.34. The fourth-order valence-electron chi connectivity index (χ4n) is 6.70. The van der Waals surface area contributed by atoms with Gasteiger partial charge in [-0.25, -0.2) is 14.4 Å². The van der Waals surface area contributed by atoms with Crippen molar-refractivity contribution in [2.45, 2.75) is 75.7 Å². The molecule has 6 amide bonds. The molecule has 2 aromatic heterocycles. The Hall–Kier alpha value is -7.46. The number of aliphatic hydroxyl groups excluding tert-OH is 1. The fourth-order valence-corrected chi connectivity index (χ4v) is 6.70. The van der Waals surface area contributed by atoms with Gasteiger partial charge in [-0.15, -0.1) is 0 Å². The number of nitrogens with two attached hydrogens (primary N) is 1. The van der Waals surface area contributed by atoms with Gasteiger partial charge >= 0.3 is 17.7 Å². The summed E-state index contributed by atoms with van der Waals surface area (Å²) in [4.78, 5) is 109. The van der Waals surface area contributed by atoms with E-state index in [1.807, 2.05) is 12.1 Å². The number of aromatic nitrogens is 3. The van der Waals surface area contributed by atoms with Crippen molar-refractivity contribution < 1.29 is 48.8 Å². The molecular weight excluding hydrogens is 812 g/mol. The minimum absolute atomic E-state index is 0.000822. The van der Waals surface area contributed by atoms with Crippen LogP contribution in [0.2, 0.25) is 0 Å². The summed E-state index contributed by atoms with van der Waals surface area (Å²) in [5.41, 5.74) is 5.86. The number of aliphatic hydroxyl groups is 1. The number of rotatable bonds is 17. The molecule has 12 N–H and O–H groups in total. The number of aromatic hydroxyl groups is 1. The summed E-state index contributed by atoms with van der Waals surface area (Å²) in [6, 6.07) is 6.41. The highest BCUT2D eigenvalue weighted by atomic mass is 16.5. The van der Waals surface area contributed by atoms with Crippen molar-refractivity contribution >= 4 is 46.5 Å². The Kier molecular flexibility index (Phi) is 14.9. The van der Waals surface area contributed by atoms with Crippen LogP contribution in [-0.4, -0.2) is 120 Å². The number of fused-ring (bicyclic) bond motifs is 1. The van der Waals surface area contributed by atoms with Crippen LogP contribution in [0, 0.1) is 0 Å². The van der Waals surface area contributed by atoms with Crippen LogP contribution >= 0.6 is 0 Å². The topological polar surface area (TPSA) is 332 Å². The molecule has 3 heterocycles. The second-order valence-electron chi connectivity index (χ2n) is 14.6. The molecule has 0 aliphatic carbocycles. The smallest absolute Gasteiger partial charge is 0.331 e. The first-order chi connectivity index (χ1) is 29.4. The Balaban J connectivity index is 1.34. The van der Waals surface area contributed by atoms with Gasteiger partial charge in [-0.1, -0.05) is 30.3 Å². The van der Waals surface area contributed by atoms with E-state index >= 15 is 0 Å². The van der Waals surface area contributed by atoms with Crippen molar-refractivity contribution in [2.75, 3.05) is 13.6 Å². The third-order valence-corrected chi connectivity index (χ3v) is 10.1. The Bertz CT molecular complexity index is 2460. The van der Waals surface area contributed by atoms with Gasteiger partial charge in [0, 0.05) is 61.9 Å². The van der Waals surface area contributed by atoms with Crippen LogP contribution in [0.15, 0.2) is 88.5 Å². The van der Waals surface area contributed by atoms with Gasteiger partial charge in [-0.2, -0.15) is 0 Å². The van der Waals surface area contributed by atoms with Crippen LogP contribution < -0.4 is 43.6 Å². The number of carboxylic acid groups (broad SMARTS) is 1. The normalized spacial score (nSPS) is 17.7. The number of hydrogen-bond acceptors (Lipinski definition) is 12. The van der Waals surface area contributed by atoms with Gasteiger partial charge in [-0.05, 0) is 43.2 Å². The monoisotopic (exact) mass is 860 g/mol. The minimum Gasteiger partial charge on any atom is -0.508 e. The van der Waals surface area contributed by atoms with Crippen molar-refractivity contribution in [3.8, 4) is 5.75 Å². The third kappa shape index (κ3) is 11.4. The second kappa shape index (κ2) is 20.2. The number of nitrogens with zero attached hydrogens (tertiary/aromatic N) is 2. The Morgan fingerprint density at radius 2 is 1.71 bits per heavy atom. The highest BCUT2D eigenvalue weighted by Crippen LogP contribution is 2.30. The Morgan fingerprint density at radius 1 is 0.968 bits per heavy atom. The quantitative estimate of drug-likeness (QED) is 0.0569. The van der Waals surface area contributed by atoms with E-state index in [0.29, 0.717) is 11.1 Å². The Labute approximate surface area is 352 Å². The summed E-state index contributed by atoms with van der Waals surface area (Å²) in [7, 11) is 1.32. The van der Waals surface area contributed by atoms with E-state index in [1.54, 1.807) is 30.5 Å². The molecule has 62 heavy (non-hydrogen) atoms. The predicted octanol–water partition coefficient (Wildman–Crippen LogP) is -1.64. The molecule has 22 nitrogen and oxygen atoms in total. The van der Waals surface area contributed by atoms with E-state index in [4.69, 9.17) is 10.5 Å². The molecule has 5 rings (SSSR count). The summed E-state index contributed by atoms with van der Waals surface area (Å²) >= 11 is 0. The molecule has 1 aliphatic rings. The maximum absolute atomic E-state index is 14.0. The number of carbonyl (C=O) groups excluding carboxylic acids is 5. The molecule has 0 bridgehead atoms. The third-order valence-electron chi connectivity index (χ3n) is 10.1. The number of hydrogen-bond donors (Lipinski definition) is 11. The van der Waals surface area contributed by atoms with Gasteiger partial charge < -0.3 is 62.3 Å². The molecule has 0 saturated carbocycles. The van der Waals surface area contributed by atoms with Gasteiger partial charge in [-0.3, -0.25) is 33.5 Å². The molecule has 4 aromatic rings. The molecule has 2 aromatic carbocycles. The number of phenolic OH excluding ortho intramolecular Hbond substituents is 1. The Morgan fingerprint density at radius 3 is 2.40 bits per heavy atom. The summed E-state index contributed by atoms with van der Waals surface area (Å²) in [6.45, 7) is 2.25. The van der Waals surface area contributed by atoms with Crippen molar-refractivity contribution in [1.82, 2.24) is 46.0 Å². The number of aromatic amines is 2. The molecule has 1 saturated heterocycles. The number of H-pyrrole nitrogens is 2. The summed E-state index contributed by atoms with van der Waals surface area (Å²) < 4.78 is 6.63. The van der Waals surface area contributed by atoms with Crippen LogP contribution in [0.3, 0.4) is 0 Å². The molecule has 330 valence electrons. The first-order valence-corrected chi connectivity index (χ1v) is 19.3. The fraction of sp³-hybridized carbons (Fsp3) is 0.350. The number of carboxylic acids is 1. The number of nitrogens with one attached hydrogen (secondary N) is 7. The molecule has 1 fully saturated rings. The molecule has 22 heteroatoms. The lowest BCUT2D eigenvalue weighted by atomic mass is 10.0. The molecule has 7 atom stereocenters. The molecule has 0 radical (unpaired) electrons. The number of urea groups is 1. The van der Waals surface area contributed by atoms with Crippen LogP contribution in [0.5, 0.6) is 5.75 Å². The van der Waals surface area contributed by atoms with E-state index in [1.165, 1.54) is 33.0 Å². The zero-order valence-electron chi connectivity index (χ0n) is 33.8. The summed E-state index contributed by atoms with van der Waals surface area (Å²) in [6.07, 6.45) is 0.907. The lowest BCUT2D eigenvalue weighted by molar-refractivity contribution is -0.140. The molecule has 1 aliphatic heterocycles. The first kappa shape index (κ1) is 45.6. The van der Waals surface area contributed by atoms with Gasteiger partial charge in [0.25, 0.3) is 5.56 Å². The van der Waals surface area contributed by atoms with Gasteiger partial charge in [0.2, 0.25) is 29.9 Å². The van der Waals surface area contributed by atoms with Gasteiger partial charge in [0.15, 0.2) is 0 Å². The average Bonchev–Trinajstić information content (AvgIpc) is 3.82.